The number of hydrogen-bond donors (Lipinski definition) is 0. The summed E-state index contributed by atoms with van der Waals surface area (Å²) in [6.45, 7) is 2.35. The molecule has 2 rings (SSSR count). The number of hydrogen-bond acceptors (Lipinski definition) is 2. The molecule has 0 radical (unpaired) electrons. The van der Waals surface area contributed by atoms with Crippen LogP contribution in [0.5, 0.6) is 5.75 Å². The first-order valence-corrected chi connectivity index (χ1v) is 6.51. The van der Waals surface area contributed by atoms with Gasteiger partial charge in [-0.05, 0) is 37.3 Å². The van der Waals surface area contributed by atoms with Gasteiger partial charge in [0.2, 0.25) is 0 Å². The van der Waals surface area contributed by atoms with Crippen molar-refractivity contribution >= 4 is 11.9 Å². The van der Waals surface area contributed by atoms with Crippen molar-refractivity contribution in [1.29, 1.82) is 0 Å². The molecular formula is C17H14F2O2. The average Bonchev–Trinajstić information content (AvgIpc) is 2.49. The number of allylic oxidation sites excluding steroid dienone is 1. The maximum Gasteiger partial charge on any atom is 0.185 e. The lowest BCUT2D eigenvalue weighted by Crippen LogP contribution is -1.97. The smallest absolute Gasteiger partial charge is 0.185 e. The third-order valence-corrected chi connectivity index (χ3v) is 2.83. The van der Waals surface area contributed by atoms with Crippen molar-refractivity contribution in [3.63, 3.8) is 0 Å². The Kier molecular flexibility index (Phi) is 4.82. The van der Waals surface area contributed by atoms with E-state index in [0.717, 1.165) is 6.07 Å². The lowest BCUT2D eigenvalue weighted by molar-refractivity contribution is 0.104. The van der Waals surface area contributed by atoms with E-state index in [2.05, 4.69) is 0 Å². The van der Waals surface area contributed by atoms with E-state index in [-0.39, 0.29) is 11.3 Å². The van der Waals surface area contributed by atoms with Gasteiger partial charge in [0, 0.05) is 11.1 Å². The fraction of sp³-hybridized carbons (Fsp3) is 0.118. The zero-order valence-corrected chi connectivity index (χ0v) is 11.5. The summed E-state index contributed by atoms with van der Waals surface area (Å²) in [5.41, 5.74) is 0.457. The molecule has 0 aliphatic rings. The van der Waals surface area contributed by atoms with Crippen LogP contribution in [0.4, 0.5) is 8.78 Å². The Balaban J connectivity index is 2.19. The van der Waals surface area contributed by atoms with Crippen molar-refractivity contribution in [2.24, 2.45) is 0 Å². The number of carbonyl (C=O) groups is 1. The van der Waals surface area contributed by atoms with Gasteiger partial charge < -0.3 is 4.74 Å². The topological polar surface area (TPSA) is 26.3 Å². The van der Waals surface area contributed by atoms with E-state index in [1.54, 1.807) is 24.3 Å². The summed E-state index contributed by atoms with van der Waals surface area (Å²) in [7, 11) is 0. The van der Waals surface area contributed by atoms with Crippen LogP contribution >= 0.6 is 0 Å². The minimum absolute atomic E-state index is 0.0318. The molecule has 0 aliphatic carbocycles. The SMILES string of the molecule is CCOc1cccc(C(=O)C=Cc2cccc(F)c2F)c1. The van der Waals surface area contributed by atoms with E-state index in [9.17, 15) is 13.6 Å². The number of ketones is 1. The molecule has 108 valence electrons. The van der Waals surface area contributed by atoms with Crippen LogP contribution in [0.2, 0.25) is 0 Å². The zero-order chi connectivity index (χ0) is 15.2. The molecule has 0 spiro atoms. The van der Waals surface area contributed by atoms with Crippen molar-refractivity contribution in [2.75, 3.05) is 6.61 Å². The van der Waals surface area contributed by atoms with Crippen molar-refractivity contribution in [3.8, 4) is 5.75 Å². The highest BCUT2D eigenvalue weighted by Crippen LogP contribution is 2.16. The molecule has 0 N–H and O–H groups in total. The van der Waals surface area contributed by atoms with Gasteiger partial charge in [-0.25, -0.2) is 8.78 Å². The van der Waals surface area contributed by atoms with Gasteiger partial charge in [-0.3, -0.25) is 4.79 Å². The highest BCUT2D eigenvalue weighted by Gasteiger charge is 2.07. The maximum atomic E-state index is 13.5. The summed E-state index contributed by atoms with van der Waals surface area (Å²) in [6, 6.07) is 10.5. The Morgan fingerprint density at radius 2 is 1.95 bits per heavy atom. The van der Waals surface area contributed by atoms with Gasteiger partial charge in [0.05, 0.1) is 6.61 Å². The fourth-order valence-corrected chi connectivity index (χ4v) is 1.82. The summed E-state index contributed by atoms with van der Waals surface area (Å²) < 4.78 is 31.8. The second-order valence-corrected chi connectivity index (χ2v) is 4.30. The Morgan fingerprint density at radius 3 is 2.71 bits per heavy atom. The van der Waals surface area contributed by atoms with Crippen molar-refractivity contribution < 1.29 is 18.3 Å². The van der Waals surface area contributed by atoms with Crippen LogP contribution in [-0.2, 0) is 0 Å². The third-order valence-electron chi connectivity index (χ3n) is 2.83. The molecule has 0 heterocycles. The second-order valence-electron chi connectivity index (χ2n) is 4.30. The highest BCUT2D eigenvalue weighted by molar-refractivity contribution is 6.07. The summed E-state index contributed by atoms with van der Waals surface area (Å²) in [5, 5.41) is 0. The molecule has 0 atom stereocenters. The molecule has 0 aliphatic heterocycles. The summed E-state index contributed by atoms with van der Waals surface area (Å²) in [4.78, 5) is 12.0. The Labute approximate surface area is 121 Å². The van der Waals surface area contributed by atoms with Crippen LogP contribution in [0, 0.1) is 11.6 Å². The molecule has 0 fully saturated rings. The molecular weight excluding hydrogens is 274 g/mol. The van der Waals surface area contributed by atoms with Crippen LogP contribution in [0.25, 0.3) is 6.08 Å². The van der Waals surface area contributed by atoms with Gasteiger partial charge in [0.25, 0.3) is 0 Å². The number of ether oxygens (including phenoxy) is 1. The average molecular weight is 288 g/mol. The lowest BCUT2D eigenvalue weighted by atomic mass is 10.1. The first-order valence-electron chi connectivity index (χ1n) is 6.51. The third kappa shape index (κ3) is 3.75. The van der Waals surface area contributed by atoms with E-state index in [0.29, 0.717) is 17.9 Å². The Bertz CT molecular complexity index is 678. The standard InChI is InChI=1S/C17H14F2O2/c1-2-21-14-7-3-6-13(11-14)16(20)10-9-12-5-4-8-15(18)17(12)19/h3-11H,2H2,1H3. The predicted molar refractivity (Wildman–Crippen MR) is 77.3 cm³/mol. The molecule has 0 saturated carbocycles. The Morgan fingerprint density at radius 1 is 1.19 bits per heavy atom. The maximum absolute atomic E-state index is 13.5. The predicted octanol–water partition coefficient (Wildman–Crippen LogP) is 4.26. The lowest BCUT2D eigenvalue weighted by Gasteiger charge is -2.03. The first-order chi connectivity index (χ1) is 10.1. The van der Waals surface area contributed by atoms with Gasteiger partial charge >= 0.3 is 0 Å². The van der Waals surface area contributed by atoms with Gasteiger partial charge in [0.15, 0.2) is 17.4 Å². The van der Waals surface area contributed by atoms with E-state index in [1.165, 1.54) is 24.3 Å². The molecule has 0 amide bonds. The molecule has 21 heavy (non-hydrogen) atoms. The Hall–Kier alpha value is -2.49. The zero-order valence-electron chi connectivity index (χ0n) is 11.5. The molecule has 2 aromatic rings. The van der Waals surface area contributed by atoms with Crippen LogP contribution < -0.4 is 4.74 Å². The fourth-order valence-electron chi connectivity index (χ4n) is 1.82. The largest absolute Gasteiger partial charge is 0.494 e. The molecule has 2 nitrogen and oxygen atoms in total. The summed E-state index contributed by atoms with van der Waals surface area (Å²) in [5.74, 6) is -1.62. The van der Waals surface area contributed by atoms with Crippen LogP contribution in [-0.4, -0.2) is 12.4 Å². The quantitative estimate of drug-likeness (QED) is 0.607. The first kappa shape index (κ1) is 14.9. The van der Waals surface area contributed by atoms with E-state index in [4.69, 9.17) is 4.74 Å². The van der Waals surface area contributed by atoms with Gasteiger partial charge in [-0.1, -0.05) is 24.3 Å². The molecule has 0 unspecified atom stereocenters. The minimum atomic E-state index is -0.968. The van der Waals surface area contributed by atoms with Gasteiger partial charge in [-0.15, -0.1) is 0 Å². The minimum Gasteiger partial charge on any atom is -0.494 e. The monoisotopic (exact) mass is 288 g/mol. The van der Waals surface area contributed by atoms with E-state index in [1.807, 2.05) is 6.92 Å². The summed E-state index contributed by atoms with van der Waals surface area (Å²) >= 11 is 0. The molecule has 0 saturated heterocycles. The molecule has 0 bridgehead atoms. The van der Waals surface area contributed by atoms with E-state index < -0.39 is 11.6 Å². The normalized spacial score (nSPS) is 10.8. The second kappa shape index (κ2) is 6.79. The van der Waals surface area contributed by atoms with Crippen LogP contribution in [0.1, 0.15) is 22.8 Å². The molecule has 2 aromatic carbocycles. The van der Waals surface area contributed by atoms with E-state index >= 15 is 0 Å². The number of carbonyl (C=O) groups excluding carboxylic acids is 1. The van der Waals surface area contributed by atoms with Crippen LogP contribution in [0.3, 0.4) is 0 Å². The number of halogens is 2. The van der Waals surface area contributed by atoms with Crippen molar-refractivity contribution in [1.82, 2.24) is 0 Å². The number of benzene rings is 2. The van der Waals surface area contributed by atoms with Gasteiger partial charge in [-0.2, -0.15) is 0 Å². The van der Waals surface area contributed by atoms with Gasteiger partial charge in [0.1, 0.15) is 5.75 Å². The molecule has 0 aromatic heterocycles. The summed E-state index contributed by atoms with van der Waals surface area (Å²) in [6.07, 6.45) is 2.47. The van der Waals surface area contributed by atoms with Crippen molar-refractivity contribution in [2.45, 2.75) is 6.92 Å². The molecule has 4 heteroatoms. The van der Waals surface area contributed by atoms with Crippen molar-refractivity contribution in [3.05, 3.63) is 71.3 Å². The highest BCUT2D eigenvalue weighted by atomic mass is 19.2. The van der Waals surface area contributed by atoms with Crippen LogP contribution in [0.15, 0.2) is 48.5 Å². The number of rotatable bonds is 5.